The number of nitro groups is 1. The number of carbonyl (C=O) groups excluding carboxylic acids is 3. The topological polar surface area (TPSA) is 162 Å². The fourth-order valence-corrected chi connectivity index (χ4v) is 5.00. The molecule has 12 heteroatoms. The number of hydrogen-bond donors (Lipinski definition) is 2. The Morgan fingerprint density at radius 1 is 1.21 bits per heavy atom. The van der Waals surface area contributed by atoms with Crippen LogP contribution in [0, 0.1) is 16.0 Å². The number of esters is 1. The van der Waals surface area contributed by atoms with Crippen molar-refractivity contribution in [2.75, 3.05) is 0 Å². The summed E-state index contributed by atoms with van der Waals surface area (Å²) in [5.74, 6) is -2.27. The predicted octanol–water partition coefficient (Wildman–Crippen LogP) is 1.90. The maximum absolute atomic E-state index is 13.0. The fourth-order valence-electron chi connectivity index (χ4n) is 3.54. The highest BCUT2D eigenvalue weighted by Gasteiger charge is 2.58. The van der Waals surface area contributed by atoms with Crippen LogP contribution in [0.2, 0.25) is 0 Å². The lowest BCUT2D eigenvalue weighted by Crippen LogP contribution is -2.60. The average Bonchev–Trinajstić information content (AvgIpc) is 3.11. The number of β-lactam (4-membered cyclic amide) rings is 1. The van der Waals surface area contributed by atoms with Gasteiger partial charge >= 0.3 is 5.97 Å². The minimum Gasteiger partial charge on any atom is -0.456 e. The van der Waals surface area contributed by atoms with Gasteiger partial charge in [-0.3, -0.25) is 24.6 Å². The van der Waals surface area contributed by atoms with E-state index in [1.54, 1.807) is 0 Å². The fraction of sp³-hybridized carbons (Fsp3) is 0.227. The zero-order valence-corrected chi connectivity index (χ0v) is 18.6. The molecule has 2 amide bonds. The third-order valence-corrected chi connectivity index (χ3v) is 6.56. The van der Waals surface area contributed by atoms with Gasteiger partial charge in [0.2, 0.25) is 11.8 Å². The maximum atomic E-state index is 13.0. The van der Waals surface area contributed by atoms with Crippen molar-refractivity contribution in [1.82, 2.24) is 4.90 Å². The van der Waals surface area contributed by atoms with Crippen LogP contribution in [0.15, 0.2) is 59.3 Å². The first-order chi connectivity index (χ1) is 16.2. The molecule has 0 spiro atoms. The van der Waals surface area contributed by atoms with Crippen molar-refractivity contribution in [3.63, 3.8) is 0 Å². The summed E-state index contributed by atoms with van der Waals surface area (Å²) in [4.78, 5) is 48.3. The van der Waals surface area contributed by atoms with Crippen LogP contribution in [-0.4, -0.2) is 44.2 Å². The molecule has 2 aliphatic heterocycles. The highest BCUT2D eigenvalue weighted by Crippen LogP contribution is 2.50. The molecule has 11 nitrogen and oxygen atoms in total. The van der Waals surface area contributed by atoms with Crippen molar-refractivity contribution in [3.05, 3.63) is 80.6 Å². The number of aliphatic hydroxyl groups excluding tert-OH is 1. The number of thioether (sulfide) groups is 1. The van der Waals surface area contributed by atoms with E-state index in [0.29, 0.717) is 11.3 Å². The molecule has 0 saturated carbocycles. The summed E-state index contributed by atoms with van der Waals surface area (Å²) in [6, 6.07) is 11.4. The number of primary amides is 1. The summed E-state index contributed by atoms with van der Waals surface area (Å²) >= 11 is 1.10. The van der Waals surface area contributed by atoms with Crippen LogP contribution in [0.1, 0.15) is 22.8 Å². The zero-order chi connectivity index (χ0) is 24.6. The minimum atomic E-state index is -0.923. The molecular weight excluding hydrogens is 466 g/mol. The van der Waals surface area contributed by atoms with Gasteiger partial charge in [0.15, 0.2) is 10.8 Å². The van der Waals surface area contributed by atoms with Gasteiger partial charge in [0.25, 0.3) is 5.69 Å². The summed E-state index contributed by atoms with van der Waals surface area (Å²) < 4.78 is 11.2. The van der Waals surface area contributed by atoms with E-state index in [1.165, 1.54) is 60.4 Å². The molecule has 2 aliphatic rings. The number of nitro benzene ring substituents is 1. The Morgan fingerprint density at radius 2 is 1.85 bits per heavy atom. The second kappa shape index (κ2) is 9.15. The van der Waals surface area contributed by atoms with Crippen LogP contribution >= 0.6 is 11.8 Å². The molecule has 3 atom stereocenters. The first-order valence-electron chi connectivity index (χ1n) is 10.1. The van der Waals surface area contributed by atoms with E-state index in [1.807, 2.05) is 0 Å². The molecule has 34 heavy (non-hydrogen) atoms. The van der Waals surface area contributed by atoms with E-state index in [2.05, 4.69) is 0 Å². The summed E-state index contributed by atoms with van der Waals surface area (Å²) in [6.07, 6.45) is -0.923. The van der Waals surface area contributed by atoms with Gasteiger partial charge in [-0.15, -0.1) is 0 Å². The number of amides is 2. The second-order valence-corrected chi connectivity index (χ2v) is 8.70. The van der Waals surface area contributed by atoms with Gasteiger partial charge < -0.3 is 20.3 Å². The lowest BCUT2D eigenvalue weighted by atomic mass is 9.92. The quantitative estimate of drug-likeness (QED) is 0.246. The number of hydrogen-bond acceptors (Lipinski definition) is 9. The number of fused-ring (bicyclic) bond motifs is 1. The van der Waals surface area contributed by atoms with E-state index in [-0.39, 0.29) is 28.6 Å². The van der Waals surface area contributed by atoms with Crippen LogP contribution in [-0.2, 0) is 20.9 Å². The van der Waals surface area contributed by atoms with Crippen LogP contribution in [0.25, 0.3) is 0 Å². The predicted molar refractivity (Wildman–Crippen MR) is 119 cm³/mol. The van der Waals surface area contributed by atoms with Gasteiger partial charge in [-0.1, -0.05) is 11.8 Å². The standard InChI is InChI=1S/C22H19N3O8S/c1-11(26)16-19(28)24-17(21(29)32-10-12-2-6-14(7-3-12)25(30)31)22(34-20(16)24)33-15-8-4-13(5-9-15)18(23)27/h2-9,11,16,20,26H,10H2,1H3,(H2,23,27)/t11-,16+,20-/m1/s1. The van der Waals surface area contributed by atoms with Crippen LogP contribution in [0.4, 0.5) is 5.69 Å². The molecule has 2 heterocycles. The Bertz CT molecular complexity index is 1190. The summed E-state index contributed by atoms with van der Waals surface area (Å²) in [5, 5.41) is 20.3. The van der Waals surface area contributed by atoms with Gasteiger partial charge in [0, 0.05) is 17.7 Å². The molecule has 3 N–H and O–H groups in total. The second-order valence-electron chi connectivity index (χ2n) is 7.61. The van der Waals surface area contributed by atoms with Crippen LogP contribution in [0.3, 0.4) is 0 Å². The first kappa shape index (κ1) is 23.3. The van der Waals surface area contributed by atoms with Gasteiger partial charge in [-0.2, -0.15) is 0 Å². The molecule has 4 rings (SSSR count). The summed E-state index contributed by atoms with van der Waals surface area (Å²) in [5.41, 5.74) is 5.84. The molecule has 2 aromatic rings. The molecule has 0 aliphatic carbocycles. The Balaban J connectivity index is 1.55. The molecular formula is C22H19N3O8S. The molecule has 0 bridgehead atoms. The number of carbonyl (C=O) groups is 3. The van der Waals surface area contributed by atoms with Crippen molar-refractivity contribution in [2.45, 2.75) is 25.0 Å². The van der Waals surface area contributed by atoms with Crippen molar-refractivity contribution in [3.8, 4) is 5.75 Å². The number of benzene rings is 2. The molecule has 0 aromatic heterocycles. The van der Waals surface area contributed by atoms with Gasteiger partial charge in [-0.25, -0.2) is 4.79 Å². The summed E-state index contributed by atoms with van der Waals surface area (Å²) in [7, 11) is 0. The van der Waals surface area contributed by atoms with Crippen molar-refractivity contribution < 1.29 is 33.9 Å². The Morgan fingerprint density at radius 3 is 2.41 bits per heavy atom. The molecule has 2 aromatic carbocycles. The van der Waals surface area contributed by atoms with E-state index in [9.17, 15) is 29.6 Å². The third kappa shape index (κ3) is 4.32. The zero-order valence-electron chi connectivity index (χ0n) is 17.7. The molecule has 0 unspecified atom stereocenters. The monoisotopic (exact) mass is 485 g/mol. The van der Waals surface area contributed by atoms with E-state index in [0.717, 1.165) is 11.8 Å². The SMILES string of the molecule is C[C@@H](O)[C@H]1C(=O)N2C(C(=O)OCc3ccc([N+](=O)[O-])cc3)=C(Oc3ccc(C(N)=O)cc3)S[C@H]12. The smallest absolute Gasteiger partial charge is 0.359 e. The Kier molecular flexibility index (Phi) is 6.26. The number of nitrogens with two attached hydrogens (primary N) is 1. The van der Waals surface area contributed by atoms with E-state index in [4.69, 9.17) is 15.2 Å². The first-order valence-corrected chi connectivity index (χ1v) is 11.0. The molecule has 1 saturated heterocycles. The largest absolute Gasteiger partial charge is 0.456 e. The average molecular weight is 485 g/mol. The van der Waals surface area contributed by atoms with Gasteiger partial charge in [0.05, 0.1) is 16.9 Å². The Labute approximate surface area is 197 Å². The number of rotatable bonds is 8. The highest BCUT2D eigenvalue weighted by atomic mass is 32.2. The number of nitrogens with zero attached hydrogens (tertiary/aromatic N) is 2. The van der Waals surface area contributed by atoms with Crippen LogP contribution < -0.4 is 10.5 Å². The molecule has 0 radical (unpaired) electrons. The van der Waals surface area contributed by atoms with Crippen molar-refractivity contribution >= 4 is 35.2 Å². The normalized spacial score (nSPS) is 19.8. The molecule has 176 valence electrons. The number of aliphatic hydroxyl groups is 1. The summed E-state index contributed by atoms with van der Waals surface area (Å²) in [6.45, 7) is 1.31. The highest BCUT2D eigenvalue weighted by molar-refractivity contribution is 8.03. The van der Waals surface area contributed by atoms with Crippen molar-refractivity contribution in [1.29, 1.82) is 0 Å². The molecule has 1 fully saturated rings. The lowest BCUT2D eigenvalue weighted by molar-refractivity contribution is -0.384. The Hall–Kier alpha value is -3.90. The number of non-ortho nitro benzene ring substituents is 1. The van der Waals surface area contributed by atoms with Crippen LogP contribution in [0.5, 0.6) is 5.75 Å². The van der Waals surface area contributed by atoms with E-state index < -0.39 is 40.1 Å². The third-order valence-electron chi connectivity index (χ3n) is 5.33. The maximum Gasteiger partial charge on any atom is 0.359 e. The van der Waals surface area contributed by atoms with Gasteiger partial charge in [0.1, 0.15) is 17.7 Å². The lowest BCUT2D eigenvalue weighted by Gasteiger charge is -2.43. The minimum absolute atomic E-state index is 0.0961. The van der Waals surface area contributed by atoms with Gasteiger partial charge in [-0.05, 0) is 48.9 Å². The van der Waals surface area contributed by atoms with E-state index >= 15 is 0 Å². The number of ether oxygens (including phenoxy) is 2. The van der Waals surface area contributed by atoms with Crippen molar-refractivity contribution in [2.24, 2.45) is 11.7 Å².